The van der Waals surface area contributed by atoms with Gasteiger partial charge in [-0.15, -0.1) is 0 Å². The van der Waals surface area contributed by atoms with Gasteiger partial charge in [0.05, 0.1) is 0 Å². The van der Waals surface area contributed by atoms with E-state index in [2.05, 4.69) is 50.2 Å². The van der Waals surface area contributed by atoms with E-state index in [4.69, 9.17) is 0 Å². The molecule has 0 atom stereocenters. The topological polar surface area (TPSA) is 0 Å². The monoisotopic (exact) mass is 334 g/mol. The van der Waals surface area contributed by atoms with Gasteiger partial charge in [-0.25, -0.2) is 4.39 Å². The minimum absolute atomic E-state index is 0.112. The molecule has 0 amide bonds. The van der Waals surface area contributed by atoms with Crippen LogP contribution in [-0.4, -0.2) is 0 Å². The van der Waals surface area contributed by atoms with Crippen molar-refractivity contribution in [3.8, 4) is 11.1 Å². The van der Waals surface area contributed by atoms with Crippen LogP contribution in [0.5, 0.6) is 0 Å². The van der Waals surface area contributed by atoms with Crippen LogP contribution in [-0.2, 0) is 12.8 Å². The Morgan fingerprint density at radius 2 is 1.48 bits per heavy atom. The van der Waals surface area contributed by atoms with E-state index in [9.17, 15) is 0 Å². The zero-order chi connectivity index (χ0) is 17.6. The fourth-order valence-electron chi connectivity index (χ4n) is 3.44. The van der Waals surface area contributed by atoms with Crippen LogP contribution in [0, 0.1) is 5.82 Å². The molecule has 0 unspecified atom stereocenters. The molecule has 3 rings (SSSR count). The molecule has 0 bridgehead atoms. The van der Waals surface area contributed by atoms with Crippen molar-refractivity contribution in [1.29, 1.82) is 0 Å². The molecule has 3 aromatic carbocycles. The molecule has 0 nitrogen and oxygen atoms in total. The Morgan fingerprint density at radius 3 is 2.20 bits per heavy atom. The standard InChI is InChI=1S/C24H27F/c1-3-5-6-8-18-9-12-20(13-10-18)22-16-14-21-17-19(7-4-2)11-15-23(21)24(22)25/h9-17H,3-8H2,1-2H3. The molecule has 25 heavy (non-hydrogen) atoms. The largest absolute Gasteiger partial charge is 0.206 e. The van der Waals surface area contributed by atoms with Crippen molar-refractivity contribution in [2.45, 2.75) is 52.4 Å². The predicted octanol–water partition coefficient (Wildman–Crippen LogP) is 7.33. The Morgan fingerprint density at radius 1 is 0.720 bits per heavy atom. The lowest BCUT2D eigenvalue weighted by Crippen LogP contribution is -1.90. The van der Waals surface area contributed by atoms with Gasteiger partial charge in [0.25, 0.3) is 0 Å². The molecule has 0 aliphatic rings. The van der Waals surface area contributed by atoms with E-state index in [-0.39, 0.29) is 5.82 Å². The molecule has 130 valence electrons. The van der Waals surface area contributed by atoms with Gasteiger partial charge in [-0.2, -0.15) is 0 Å². The third-order valence-corrected chi connectivity index (χ3v) is 4.89. The average Bonchev–Trinajstić information content (AvgIpc) is 2.63. The minimum Gasteiger partial charge on any atom is -0.206 e. The molecular weight excluding hydrogens is 307 g/mol. The van der Waals surface area contributed by atoms with Gasteiger partial charge in [0.15, 0.2) is 0 Å². The lowest BCUT2D eigenvalue weighted by molar-refractivity contribution is 0.643. The van der Waals surface area contributed by atoms with Crippen LogP contribution in [0.25, 0.3) is 21.9 Å². The van der Waals surface area contributed by atoms with Crippen LogP contribution < -0.4 is 0 Å². The summed E-state index contributed by atoms with van der Waals surface area (Å²) in [5.41, 5.74) is 4.26. The molecule has 0 saturated carbocycles. The van der Waals surface area contributed by atoms with Crippen LogP contribution in [0.3, 0.4) is 0 Å². The van der Waals surface area contributed by atoms with Gasteiger partial charge in [0.2, 0.25) is 0 Å². The number of halogens is 1. The molecular formula is C24H27F. The van der Waals surface area contributed by atoms with E-state index in [1.54, 1.807) is 0 Å². The van der Waals surface area contributed by atoms with Crippen molar-refractivity contribution in [2.24, 2.45) is 0 Å². The second-order valence-electron chi connectivity index (χ2n) is 6.89. The Labute approximate surface area is 150 Å². The highest BCUT2D eigenvalue weighted by Gasteiger charge is 2.10. The Bertz CT molecular complexity index is 831. The van der Waals surface area contributed by atoms with Crippen molar-refractivity contribution >= 4 is 10.8 Å². The lowest BCUT2D eigenvalue weighted by Gasteiger charge is -2.09. The molecule has 0 radical (unpaired) electrons. The zero-order valence-electron chi connectivity index (χ0n) is 15.3. The first-order chi connectivity index (χ1) is 12.2. The van der Waals surface area contributed by atoms with E-state index < -0.39 is 0 Å². The van der Waals surface area contributed by atoms with Crippen LogP contribution in [0.15, 0.2) is 54.6 Å². The molecule has 0 heterocycles. The SMILES string of the molecule is CCCCCc1ccc(-c2ccc3cc(CCC)ccc3c2F)cc1. The summed E-state index contributed by atoms with van der Waals surface area (Å²) in [7, 11) is 0. The molecule has 3 aromatic rings. The molecule has 0 aromatic heterocycles. The second-order valence-corrected chi connectivity index (χ2v) is 6.89. The van der Waals surface area contributed by atoms with E-state index in [1.807, 2.05) is 18.2 Å². The van der Waals surface area contributed by atoms with Crippen LogP contribution in [0.4, 0.5) is 4.39 Å². The number of rotatable bonds is 7. The Hall–Kier alpha value is -2.15. The van der Waals surface area contributed by atoms with Crippen molar-refractivity contribution in [2.75, 3.05) is 0 Å². The van der Waals surface area contributed by atoms with E-state index in [1.165, 1.54) is 30.4 Å². The smallest absolute Gasteiger partial charge is 0.138 e. The second kappa shape index (κ2) is 8.29. The summed E-state index contributed by atoms with van der Waals surface area (Å²) < 4.78 is 15.0. The van der Waals surface area contributed by atoms with Gasteiger partial charge in [0.1, 0.15) is 5.82 Å². The van der Waals surface area contributed by atoms with E-state index in [0.29, 0.717) is 10.9 Å². The molecule has 0 spiro atoms. The lowest BCUT2D eigenvalue weighted by atomic mass is 9.97. The summed E-state index contributed by atoms with van der Waals surface area (Å²) in [4.78, 5) is 0. The molecule has 0 N–H and O–H groups in total. The first-order valence-electron chi connectivity index (χ1n) is 9.53. The zero-order valence-corrected chi connectivity index (χ0v) is 15.3. The van der Waals surface area contributed by atoms with Crippen molar-refractivity contribution < 1.29 is 4.39 Å². The molecule has 0 aliphatic carbocycles. The third kappa shape index (κ3) is 4.10. The summed E-state index contributed by atoms with van der Waals surface area (Å²) in [6, 6.07) is 18.4. The number of benzene rings is 3. The van der Waals surface area contributed by atoms with E-state index in [0.717, 1.165) is 30.2 Å². The Balaban J connectivity index is 1.88. The van der Waals surface area contributed by atoms with Crippen LogP contribution >= 0.6 is 0 Å². The summed E-state index contributed by atoms with van der Waals surface area (Å²) in [6.45, 7) is 4.39. The van der Waals surface area contributed by atoms with Gasteiger partial charge in [-0.1, -0.05) is 87.7 Å². The van der Waals surface area contributed by atoms with Gasteiger partial charge >= 0.3 is 0 Å². The molecule has 0 aliphatic heterocycles. The van der Waals surface area contributed by atoms with Gasteiger partial charge in [-0.05, 0) is 41.3 Å². The highest BCUT2D eigenvalue weighted by atomic mass is 19.1. The quantitative estimate of drug-likeness (QED) is 0.397. The number of fused-ring (bicyclic) bond motifs is 1. The first-order valence-corrected chi connectivity index (χ1v) is 9.53. The predicted molar refractivity (Wildman–Crippen MR) is 107 cm³/mol. The normalized spacial score (nSPS) is 11.2. The summed E-state index contributed by atoms with van der Waals surface area (Å²) in [5.74, 6) is -0.112. The molecule has 1 heteroatoms. The summed E-state index contributed by atoms with van der Waals surface area (Å²) in [6.07, 6.45) is 6.98. The van der Waals surface area contributed by atoms with Crippen LogP contribution in [0.2, 0.25) is 0 Å². The maximum Gasteiger partial charge on any atom is 0.138 e. The average molecular weight is 334 g/mol. The maximum absolute atomic E-state index is 15.0. The van der Waals surface area contributed by atoms with Crippen molar-refractivity contribution in [3.05, 3.63) is 71.5 Å². The highest BCUT2D eigenvalue weighted by molar-refractivity contribution is 5.88. The number of aryl methyl sites for hydroxylation is 2. The number of hydrogen-bond acceptors (Lipinski definition) is 0. The highest BCUT2D eigenvalue weighted by Crippen LogP contribution is 2.30. The third-order valence-electron chi connectivity index (χ3n) is 4.89. The maximum atomic E-state index is 15.0. The Kier molecular flexibility index (Phi) is 5.86. The fourth-order valence-corrected chi connectivity index (χ4v) is 3.44. The first kappa shape index (κ1) is 17.7. The van der Waals surface area contributed by atoms with E-state index >= 15 is 4.39 Å². The number of unbranched alkanes of at least 4 members (excludes halogenated alkanes) is 2. The van der Waals surface area contributed by atoms with Crippen LogP contribution in [0.1, 0.15) is 50.7 Å². The fraction of sp³-hybridized carbons (Fsp3) is 0.333. The van der Waals surface area contributed by atoms with Crippen molar-refractivity contribution in [1.82, 2.24) is 0 Å². The summed E-state index contributed by atoms with van der Waals surface area (Å²) >= 11 is 0. The molecule has 0 saturated heterocycles. The van der Waals surface area contributed by atoms with Gasteiger partial charge < -0.3 is 0 Å². The minimum atomic E-state index is -0.112. The summed E-state index contributed by atoms with van der Waals surface area (Å²) in [5, 5.41) is 1.70. The van der Waals surface area contributed by atoms with Crippen molar-refractivity contribution in [3.63, 3.8) is 0 Å². The van der Waals surface area contributed by atoms with Gasteiger partial charge in [0, 0.05) is 10.9 Å². The van der Waals surface area contributed by atoms with Gasteiger partial charge in [-0.3, -0.25) is 0 Å². The number of hydrogen-bond donors (Lipinski definition) is 0. The molecule has 0 fully saturated rings.